The lowest BCUT2D eigenvalue weighted by atomic mass is 9.57. The summed E-state index contributed by atoms with van der Waals surface area (Å²) in [5, 5.41) is 11.8. The Labute approximate surface area is 124 Å². The van der Waals surface area contributed by atoms with Crippen molar-refractivity contribution in [2.75, 3.05) is 11.9 Å². The molecule has 2 N–H and O–H groups in total. The molecule has 1 aromatic rings. The normalized spacial score (nSPS) is 29.9. The van der Waals surface area contributed by atoms with E-state index >= 15 is 0 Å². The number of fused-ring (bicyclic) bond motifs is 1. The van der Waals surface area contributed by atoms with Gasteiger partial charge in [0.2, 0.25) is 5.13 Å². The van der Waals surface area contributed by atoms with Gasteiger partial charge >= 0.3 is 6.03 Å². The second-order valence-electron chi connectivity index (χ2n) is 5.89. The third kappa shape index (κ3) is 2.48. The number of alkyl halides is 2. The summed E-state index contributed by atoms with van der Waals surface area (Å²) in [6.45, 7) is 4.81. The predicted octanol–water partition coefficient (Wildman–Crippen LogP) is 2.41. The minimum Gasteiger partial charge on any atom is -0.377 e. The first-order valence-corrected chi connectivity index (χ1v) is 7.52. The summed E-state index contributed by atoms with van der Waals surface area (Å²) in [4.78, 5) is 12.0. The molecule has 2 aliphatic rings. The van der Waals surface area contributed by atoms with Gasteiger partial charge in [0.15, 0.2) is 5.01 Å². The van der Waals surface area contributed by atoms with E-state index in [2.05, 4.69) is 20.8 Å². The minimum absolute atomic E-state index is 0.00694. The standard InChI is InChI=1S/C12H16F2N4O2S/c1-12(2)6(5-3-4-20-7(5)12)15-10(19)16-11-18-17-9(21-11)8(13)14/h5-8H,3-4H2,1-2H3,(H2,15,16,18,19). The Bertz CT molecular complexity index is 551. The molecule has 2 amide bonds. The number of aromatic nitrogens is 2. The van der Waals surface area contributed by atoms with Crippen molar-refractivity contribution >= 4 is 22.5 Å². The van der Waals surface area contributed by atoms with E-state index in [1.54, 1.807) is 0 Å². The minimum atomic E-state index is -2.68. The highest BCUT2D eigenvalue weighted by atomic mass is 32.1. The molecule has 2 fully saturated rings. The van der Waals surface area contributed by atoms with Gasteiger partial charge < -0.3 is 10.1 Å². The average Bonchev–Trinajstić information content (AvgIpc) is 3.03. The van der Waals surface area contributed by atoms with Gasteiger partial charge in [-0.3, -0.25) is 5.32 Å². The molecule has 3 unspecified atom stereocenters. The van der Waals surface area contributed by atoms with E-state index in [0.717, 1.165) is 6.42 Å². The van der Waals surface area contributed by atoms with E-state index in [1.165, 1.54) is 0 Å². The van der Waals surface area contributed by atoms with Crippen LogP contribution in [0.4, 0.5) is 18.7 Å². The van der Waals surface area contributed by atoms with Gasteiger partial charge in [-0.05, 0) is 6.42 Å². The number of amides is 2. The lowest BCUT2D eigenvalue weighted by Crippen LogP contribution is -2.67. The van der Waals surface area contributed by atoms with Gasteiger partial charge in [-0.1, -0.05) is 25.2 Å². The van der Waals surface area contributed by atoms with Gasteiger partial charge in [-0.2, -0.15) is 0 Å². The molecule has 1 aliphatic carbocycles. The number of hydrogen-bond donors (Lipinski definition) is 2. The van der Waals surface area contributed by atoms with E-state index in [9.17, 15) is 13.6 Å². The van der Waals surface area contributed by atoms with Crippen molar-refractivity contribution in [2.45, 2.75) is 38.8 Å². The van der Waals surface area contributed by atoms with Crippen LogP contribution < -0.4 is 10.6 Å². The Morgan fingerprint density at radius 2 is 2.24 bits per heavy atom. The number of rotatable bonds is 3. The van der Waals surface area contributed by atoms with Crippen LogP contribution in [0.1, 0.15) is 31.7 Å². The number of hydrogen-bond acceptors (Lipinski definition) is 5. The number of urea groups is 1. The second kappa shape index (κ2) is 5.13. The van der Waals surface area contributed by atoms with E-state index in [1.807, 2.05) is 13.8 Å². The number of carbonyl (C=O) groups is 1. The molecule has 1 aliphatic heterocycles. The molecule has 0 radical (unpaired) electrons. The highest BCUT2D eigenvalue weighted by molar-refractivity contribution is 7.15. The zero-order valence-corrected chi connectivity index (χ0v) is 12.4. The van der Waals surface area contributed by atoms with Crippen LogP contribution in [0.3, 0.4) is 0 Å². The van der Waals surface area contributed by atoms with Crippen LogP contribution in [0.15, 0.2) is 0 Å². The number of anilines is 1. The predicted molar refractivity (Wildman–Crippen MR) is 72.4 cm³/mol. The number of ether oxygens (including phenoxy) is 1. The quantitative estimate of drug-likeness (QED) is 0.897. The topological polar surface area (TPSA) is 76.1 Å². The van der Waals surface area contributed by atoms with Crippen LogP contribution in [-0.4, -0.2) is 35.0 Å². The molecule has 2 heterocycles. The SMILES string of the molecule is CC1(C)C(NC(=O)Nc2nnc(C(F)F)s2)C2CCOC21. The van der Waals surface area contributed by atoms with E-state index < -0.39 is 17.5 Å². The van der Waals surface area contributed by atoms with Crippen molar-refractivity contribution in [2.24, 2.45) is 11.3 Å². The molecular weight excluding hydrogens is 302 g/mol. The first-order chi connectivity index (χ1) is 9.89. The van der Waals surface area contributed by atoms with E-state index in [4.69, 9.17) is 4.74 Å². The van der Waals surface area contributed by atoms with Gasteiger partial charge in [0.25, 0.3) is 6.43 Å². The fourth-order valence-electron chi connectivity index (χ4n) is 3.26. The molecule has 1 saturated heterocycles. The molecule has 3 atom stereocenters. The van der Waals surface area contributed by atoms with E-state index in [-0.39, 0.29) is 22.7 Å². The molecule has 116 valence electrons. The Morgan fingerprint density at radius 1 is 1.48 bits per heavy atom. The molecule has 6 nitrogen and oxygen atoms in total. The maximum atomic E-state index is 12.4. The van der Waals surface area contributed by atoms with Gasteiger partial charge in [-0.15, -0.1) is 10.2 Å². The summed E-state index contributed by atoms with van der Waals surface area (Å²) < 4.78 is 30.5. The lowest BCUT2D eigenvalue weighted by Gasteiger charge is -2.54. The fraction of sp³-hybridized carbons (Fsp3) is 0.750. The summed E-state index contributed by atoms with van der Waals surface area (Å²) >= 11 is 0.672. The average molecular weight is 318 g/mol. The molecule has 0 aromatic carbocycles. The molecule has 1 saturated carbocycles. The van der Waals surface area contributed by atoms with Crippen molar-refractivity contribution in [1.82, 2.24) is 15.5 Å². The van der Waals surface area contributed by atoms with Gasteiger partial charge in [0.1, 0.15) is 0 Å². The van der Waals surface area contributed by atoms with Crippen molar-refractivity contribution in [1.29, 1.82) is 0 Å². The molecule has 1 aromatic heterocycles. The Balaban J connectivity index is 1.59. The van der Waals surface area contributed by atoms with E-state index in [0.29, 0.717) is 23.9 Å². The molecule has 9 heteroatoms. The molecule has 0 bridgehead atoms. The maximum absolute atomic E-state index is 12.4. The number of nitrogens with one attached hydrogen (secondary N) is 2. The van der Waals surface area contributed by atoms with Crippen LogP contribution in [0.25, 0.3) is 0 Å². The summed E-state index contributed by atoms with van der Waals surface area (Å²) in [5.74, 6) is 0.316. The van der Waals surface area contributed by atoms with Gasteiger partial charge in [0, 0.05) is 24.0 Å². The molecule has 3 rings (SSSR count). The fourth-order valence-corrected chi connectivity index (χ4v) is 3.86. The van der Waals surface area contributed by atoms with Crippen LogP contribution in [0.2, 0.25) is 0 Å². The van der Waals surface area contributed by atoms with Gasteiger partial charge in [-0.25, -0.2) is 13.6 Å². The maximum Gasteiger partial charge on any atom is 0.321 e. The highest BCUT2D eigenvalue weighted by Crippen LogP contribution is 2.52. The first-order valence-electron chi connectivity index (χ1n) is 6.70. The largest absolute Gasteiger partial charge is 0.377 e. The number of carbonyl (C=O) groups excluding carboxylic acids is 1. The van der Waals surface area contributed by atoms with Crippen LogP contribution in [0, 0.1) is 11.3 Å². The van der Waals surface area contributed by atoms with Gasteiger partial charge in [0.05, 0.1) is 6.10 Å². The summed E-state index contributed by atoms with van der Waals surface area (Å²) in [5.41, 5.74) is -0.131. The Hall–Kier alpha value is -1.35. The lowest BCUT2D eigenvalue weighted by molar-refractivity contribution is -0.107. The molecular formula is C12H16F2N4O2S. The highest BCUT2D eigenvalue weighted by Gasteiger charge is 2.59. The van der Waals surface area contributed by atoms with Crippen molar-refractivity contribution in [3.05, 3.63) is 5.01 Å². The van der Waals surface area contributed by atoms with Crippen LogP contribution in [0.5, 0.6) is 0 Å². The Kier molecular flexibility index (Phi) is 3.56. The zero-order valence-electron chi connectivity index (χ0n) is 11.6. The number of halogens is 2. The summed E-state index contributed by atoms with van der Waals surface area (Å²) in [7, 11) is 0. The van der Waals surface area contributed by atoms with Crippen molar-refractivity contribution in [3.8, 4) is 0 Å². The Morgan fingerprint density at radius 3 is 2.90 bits per heavy atom. The molecule has 0 spiro atoms. The molecule has 21 heavy (non-hydrogen) atoms. The summed E-state index contributed by atoms with van der Waals surface area (Å²) in [6, 6.07) is -0.442. The third-order valence-corrected chi connectivity index (χ3v) is 5.08. The monoisotopic (exact) mass is 318 g/mol. The second-order valence-corrected chi connectivity index (χ2v) is 6.90. The van der Waals surface area contributed by atoms with Crippen molar-refractivity contribution < 1.29 is 18.3 Å². The van der Waals surface area contributed by atoms with Crippen LogP contribution >= 0.6 is 11.3 Å². The third-order valence-electron chi connectivity index (χ3n) is 4.23. The van der Waals surface area contributed by atoms with Crippen LogP contribution in [-0.2, 0) is 4.74 Å². The zero-order chi connectivity index (χ0) is 15.2. The smallest absolute Gasteiger partial charge is 0.321 e. The summed E-state index contributed by atoms with van der Waals surface area (Å²) in [6.07, 6.45) is -1.58. The van der Waals surface area contributed by atoms with Crippen molar-refractivity contribution in [3.63, 3.8) is 0 Å². The number of nitrogens with zero attached hydrogens (tertiary/aromatic N) is 2. The first kappa shape index (κ1) is 14.6.